The van der Waals surface area contributed by atoms with E-state index < -0.39 is 0 Å². The second-order valence-electron chi connectivity index (χ2n) is 4.06. The van der Waals surface area contributed by atoms with Crippen LogP contribution in [0, 0.1) is 0 Å². The molecule has 0 spiro atoms. The Balaban J connectivity index is 2.05. The molecule has 4 heteroatoms. The first kappa shape index (κ1) is 14.8. The first-order valence-corrected chi connectivity index (χ1v) is 7.15. The summed E-state index contributed by atoms with van der Waals surface area (Å²) in [5, 5.41) is 3.02. The molecule has 1 amide bonds. The average molecular weight is 265 g/mol. The summed E-state index contributed by atoms with van der Waals surface area (Å²) in [7, 11) is 0. The smallest absolute Gasteiger partial charge is 0.224 e. The first-order chi connectivity index (χ1) is 8.68. The van der Waals surface area contributed by atoms with Gasteiger partial charge in [0.2, 0.25) is 5.91 Å². The van der Waals surface area contributed by atoms with Gasteiger partial charge >= 0.3 is 0 Å². The van der Waals surface area contributed by atoms with Crippen molar-refractivity contribution in [2.24, 2.45) is 0 Å². The zero-order valence-corrected chi connectivity index (χ0v) is 11.5. The highest BCUT2D eigenvalue weighted by molar-refractivity contribution is 8.13. The number of carbonyl (C=O) groups excluding carboxylic acids is 2. The summed E-state index contributed by atoms with van der Waals surface area (Å²) in [5.74, 6) is 0.913. The Bertz CT molecular complexity index is 379. The van der Waals surface area contributed by atoms with E-state index in [1.54, 1.807) is 6.92 Å². The molecule has 1 rings (SSSR count). The molecule has 0 fully saturated rings. The largest absolute Gasteiger partial charge is 0.326 e. The van der Waals surface area contributed by atoms with Crippen LogP contribution in [0.15, 0.2) is 30.3 Å². The number of nitrogens with one attached hydrogen (secondary N) is 1. The number of hydrogen-bond acceptors (Lipinski definition) is 3. The molecule has 0 heterocycles. The summed E-state index contributed by atoms with van der Waals surface area (Å²) >= 11 is 1.35. The lowest BCUT2D eigenvalue weighted by Crippen LogP contribution is -2.10. The Morgan fingerprint density at radius 2 is 1.83 bits per heavy atom. The number of benzene rings is 1. The van der Waals surface area contributed by atoms with Crippen molar-refractivity contribution in [3.63, 3.8) is 0 Å². The third kappa shape index (κ3) is 7.12. The van der Waals surface area contributed by atoms with Crippen molar-refractivity contribution in [1.82, 2.24) is 0 Å². The fourth-order valence-electron chi connectivity index (χ4n) is 1.53. The standard InChI is InChI=1S/C14H19NO2S/c1-12(16)18-11-7-3-6-10-14(17)15-13-8-4-2-5-9-13/h2,4-5,8-9H,3,6-7,10-11H2,1H3,(H,15,17). The van der Waals surface area contributed by atoms with Gasteiger partial charge in [-0.3, -0.25) is 9.59 Å². The second kappa shape index (κ2) is 8.75. The van der Waals surface area contributed by atoms with E-state index in [1.807, 2.05) is 30.3 Å². The normalized spacial score (nSPS) is 10.1. The summed E-state index contributed by atoms with van der Waals surface area (Å²) < 4.78 is 0. The molecule has 0 aliphatic heterocycles. The Labute approximate surface area is 112 Å². The molecule has 0 saturated heterocycles. The van der Waals surface area contributed by atoms with Crippen molar-refractivity contribution in [3.05, 3.63) is 30.3 Å². The first-order valence-electron chi connectivity index (χ1n) is 6.17. The molecule has 0 bridgehead atoms. The van der Waals surface area contributed by atoms with E-state index >= 15 is 0 Å². The van der Waals surface area contributed by atoms with Gasteiger partial charge in [0.15, 0.2) is 5.12 Å². The van der Waals surface area contributed by atoms with Crippen LogP contribution >= 0.6 is 11.8 Å². The van der Waals surface area contributed by atoms with Crippen LogP contribution in [-0.4, -0.2) is 16.8 Å². The van der Waals surface area contributed by atoms with Gasteiger partial charge in [0.1, 0.15) is 0 Å². The van der Waals surface area contributed by atoms with Crippen LogP contribution in [0.1, 0.15) is 32.6 Å². The van der Waals surface area contributed by atoms with Gasteiger partial charge in [-0.25, -0.2) is 0 Å². The monoisotopic (exact) mass is 265 g/mol. The molecular weight excluding hydrogens is 246 g/mol. The molecule has 0 radical (unpaired) electrons. The third-order valence-electron chi connectivity index (χ3n) is 2.41. The number of hydrogen-bond donors (Lipinski definition) is 1. The fraction of sp³-hybridized carbons (Fsp3) is 0.429. The van der Waals surface area contributed by atoms with Crippen LogP contribution in [0.3, 0.4) is 0 Å². The lowest BCUT2D eigenvalue weighted by atomic mass is 10.2. The van der Waals surface area contributed by atoms with Crippen molar-refractivity contribution >= 4 is 28.5 Å². The van der Waals surface area contributed by atoms with E-state index in [9.17, 15) is 9.59 Å². The number of anilines is 1. The van der Waals surface area contributed by atoms with Crippen molar-refractivity contribution in [2.75, 3.05) is 11.1 Å². The minimum Gasteiger partial charge on any atom is -0.326 e. The molecule has 1 aromatic rings. The van der Waals surface area contributed by atoms with Gasteiger partial charge in [-0.05, 0) is 25.0 Å². The van der Waals surface area contributed by atoms with Gasteiger partial charge in [0.25, 0.3) is 0 Å². The predicted octanol–water partition coefficient (Wildman–Crippen LogP) is 3.47. The summed E-state index contributed by atoms with van der Waals surface area (Å²) in [5.41, 5.74) is 0.842. The van der Waals surface area contributed by atoms with Crippen LogP contribution in [0.5, 0.6) is 0 Å². The Hall–Kier alpha value is -1.29. The predicted molar refractivity (Wildman–Crippen MR) is 76.7 cm³/mol. The third-order valence-corrected chi connectivity index (χ3v) is 3.31. The van der Waals surface area contributed by atoms with E-state index in [0.717, 1.165) is 30.7 Å². The van der Waals surface area contributed by atoms with E-state index in [1.165, 1.54) is 11.8 Å². The van der Waals surface area contributed by atoms with Gasteiger partial charge in [0.05, 0.1) is 0 Å². The SMILES string of the molecule is CC(=O)SCCCCCC(=O)Nc1ccccc1. The molecule has 1 aromatic carbocycles. The molecule has 0 unspecified atom stereocenters. The number of carbonyl (C=O) groups is 2. The summed E-state index contributed by atoms with van der Waals surface area (Å²) in [4.78, 5) is 22.3. The molecule has 0 aliphatic rings. The Morgan fingerprint density at radius 3 is 2.50 bits per heavy atom. The summed E-state index contributed by atoms with van der Waals surface area (Å²) in [6.45, 7) is 1.58. The molecule has 0 saturated carbocycles. The number of para-hydroxylation sites is 1. The molecule has 98 valence electrons. The zero-order chi connectivity index (χ0) is 13.2. The van der Waals surface area contributed by atoms with Crippen molar-refractivity contribution in [3.8, 4) is 0 Å². The highest BCUT2D eigenvalue weighted by atomic mass is 32.2. The van der Waals surface area contributed by atoms with E-state index in [4.69, 9.17) is 0 Å². The van der Waals surface area contributed by atoms with Crippen LogP contribution in [-0.2, 0) is 9.59 Å². The topological polar surface area (TPSA) is 46.2 Å². The summed E-state index contributed by atoms with van der Waals surface area (Å²) in [6, 6.07) is 9.47. The minimum absolute atomic E-state index is 0.0559. The molecule has 3 nitrogen and oxygen atoms in total. The van der Waals surface area contributed by atoms with E-state index in [-0.39, 0.29) is 11.0 Å². The molecule has 0 aliphatic carbocycles. The van der Waals surface area contributed by atoms with Gasteiger partial charge < -0.3 is 5.32 Å². The number of unbranched alkanes of at least 4 members (excludes halogenated alkanes) is 2. The average Bonchev–Trinajstić information content (AvgIpc) is 2.34. The number of thioether (sulfide) groups is 1. The van der Waals surface area contributed by atoms with Crippen molar-refractivity contribution in [1.29, 1.82) is 0 Å². The Morgan fingerprint density at radius 1 is 1.11 bits per heavy atom. The maximum absolute atomic E-state index is 11.6. The van der Waals surface area contributed by atoms with Gasteiger partial charge in [-0.15, -0.1) is 0 Å². The van der Waals surface area contributed by atoms with Crippen molar-refractivity contribution < 1.29 is 9.59 Å². The summed E-state index contributed by atoms with van der Waals surface area (Å²) in [6.07, 6.45) is 3.39. The number of amides is 1. The van der Waals surface area contributed by atoms with Gasteiger partial charge in [-0.2, -0.15) is 0 Å². The quantitative estimate of drug-likeness (QED) is 0.768. The lowest BCUT2D eigenvalue weighted by molar-refractivity contribution is -0.116. The molecular formula is C14H19NO2S. The molecule has 0 aromatic heterocycles. The molecule has 0 atom stereocenters. The maximum atomic E-state index is 11.6. The maximum Gasteiger partial charge on any atom is 0.224 e. The highest BCUT2D eigenvalue weighted by Gasteiger charge is 2.01. The lowest BCUT2D eigenvalue weighted by Gasteiger charge is -2.04. The second-order valence-corrected chi connectivity index (χ2v) is 5.34. The zero-order valence-electron chi connectivity index (χ0n) is 10.6. The molecule has 1 N–H and O–H groups in total. The van der Waals surface area contributed by atoms with Crippen LogP contribution in [0.4, 0.5) is 5.69 Å². The number of rotatable bonds is 7. The van der Waals surface area contributed by atoms with Crippen molar-refractivity contribution in [2.45, 2.75) is 32.6 Å². The van der Waals surface area contributed by atoms with Crippen LogP contribution in [0.25, 0.3) is 0 Å². The highest BCUT2D eigenvalue weighted by Crippen LogP contribution is 2.10. The Kier molecular flexibility index (Phi) is 7.18. The van der Waals surface area contributed by atoms with Crippen LogP contribution < -0.4 is 5.32 Å². The fourth-order valence-corrected chi connectivity index (χ4v) is 2.16. The van der Waals surface area contributed by atoms with Crippen LogP contribution in [0.2, 0.25) is 0 Å². The van der Waals surface area contributed by atoms with Gasteiger partial charge in [0, 0.05) is 24.8 Å². The van der Waals surface area contributed by atoms with Gasteiger partial charge in [-0.1, -0.05) is 36.4 Å². The van der Waals surface area contributed by atoms with E-state index in [0.29, 0.717) is 6.42 Å². The van der Waals surface area contributed by atoms with E-state index in [2.05, 4.69) is 5.32 Å². The molecule has 18 heavy (non-hydrogen) atoms. The minimum atomic E-state index is 0.0559.